The number of hydrogen-bond donors (Lipinski definition) is 0. The van der Waals surface area contributed by atoms with Crippen LogP contribution in [-0.2, 0) is 6.61 Å². The van der Waals surface area contributed by atoms with Crippen LogP contribution in [0.4, 0.5) is 0 Å². The lowest BCUT2D eigenvalue weighted by Gasteiger charge is -2.13. The summed E-state index contributed by atoms with van der Waals surface area (Å²) >= 11 is 7.92. The smallest absolute Gasteiger partial charge is 0.192 e. The van der Waals surface area contributed by atoms with Gasteiger partial charge in [-0.05, 0) is 37.5 Å². The van der Waals surface area contributed by atoms with E-state index in [0.717, 1.165) is 11.0 Å². The highest BCUT2D eigenvalue weighted by Gasteiger charge is 2.30. The first-order valence-corrected chi connectivity index (χ1v) is 10.0. The van der Waals surface area contributed by atoms with Crippen LogP contribution < -0.4 is 4.74 Å². The van der Waals surface area contributed by atoms with Crippen LogP contribution in [0, 0.1) is 0 Å². The van der Waals surface area contributed by atoms with Crippen LogP contribution in [0.15, 0.2) is 59.8 Å². The Bertz CT molecular complexity index is 880. The number of thioether (sulfide) groups is 1. The average molecular weight is 386 g/mol. The van der Waals surface area contributed by atoms with E-state index in [0.29, 0.717) is 28.7 Å². The van der Waals surface area contributed by atoms with Crippen molar-refractivity contribution >= 4 is 23.4 Å². The molecule has 0 saturated heterocycles. The summed E-state index contributed by atoms with van der Waals surface area (Å²) in [5.41, 5.74) is 1.29. The Labute approximate surface area is 162 Å². The van der Waals surface area contributed by atoms with Crippen molar-refractivity contribution in [1.29, 1.82) is 0 Å². The molecule has 0 amide bonds. The molecule has 1 aliphatic carbocycles. The van der Waals surface area contributed by atoms with Gasteiger partial charge in [0.15, 0.2) is 11.0 Å². The molecule has 1 aromatic heterocycles. The lowest BCUT2D eigenvalue weighted by atomic mass is 10.2. The monoisotopic (exact) mass is 385 g/mol. The third-order valence-electron chi connectivity index (χ3n) is 4.39. The van der Waals surface area contributed by atoms with Gasteiger partial charge >= 0.3 is 0 Å². The molecule has 1 atom stereocenters. The van der Waals surface area contributed by atoms with Crippen molar-refractivity contribution in [1.82, 2.24) is 14.8 Å². The molecule has 0 aliphatic heterocycles. The molecule has 1 saturated carbocycles. The Morgan fingerprint density at radius 2 is 1.85 bits per heavy atom. The van der Waals surface area contributed by atoms with E-state index in [4.69, 9.17) is 16.3 Å². The van der Waals surface area contributed by atoms with Crippen molar-refractivity contribution in [3.63, 3.8) is 0 Å². The molecule has 0 spiro atoms. The normalized spacial score (nSPS) is 15.0. The molecular weight excluding hydrogens is 366 g/mol. The zero-order valence-corrected chi connectivity index (χ0v) is 16.1. The number of benzene rings is 2. The van der Waals surface area contributed by atoms with E-state index in [-0.39, 0.29) is 0 Å². The van der Waals surface area contributed by atoms with Crippen molar-refractivity contribution in [2.45, 2.75) is 42.8 Å². The summed E-state index contributed by atoms with van der Waals surface area (Å²) in [4.78, 5) is 0. The van der Waals surface area contributed by atoms with Gasteiger partial charge in [-0.3, -0.25) is 4.57 Å². The second-order valence-corrected chi connectivity index (χ2v) is 8.10. The molecule has 2 aromatic carbocycles. The van der Waals surface area contributed by atoms with E-state index in [9.17, 15) is 0 Å². The maximum atomic E-state index is 6.18. The van der Waals surface area contributed by atoms with Crippen molar-refractivity contribution in [2.24, 2.45) is 0 Å². The Morgan fingerprint density at radius 1 is 1.12 bits per heavy atom. The minimum Gasteiger partial charge on any atom is -0.484 e. The van der Waals surface area contributed by atoms with E-state index >= 15 is 0 Å². The van der Waals surface area contributed by atoms with E-state index in [1.54, 1.807) is 11.8 Å². The number of ether oxygens (including phenoxy) is 1. The van der Waals surface area contributed by atoms with E-state index < -0.39 is 0 Å². The molecule has 134 valence electrons. The fraction of sp³-hybridized carbons (Fsp3) is 0.300. The van der Waals surface area contributed by atoms with Crippen LogP contribution in [-0.4, -0.2) is 14.8 Å². The Morgan fingerprint density at radius 3 is 2.58 bits per heavy atom. The Kier molecular flexibility index (Phi) is 5.18. The van der Waals surface area contributed by atoms with Gasteiger partial charge in [0.05, 0.1) is 5.02 Å². The van der Waals surface area contributed by atoms with Gasteiger partial charge in [0.1, 0.15) is 12.4 Å². The molecule has 0 radical (unpaired) electrons. The van der Waals surface area contributed by atoms with Crippen LogP contribution in [0.25, 0.3) is 0 Å². The molecule has 1 heterocycles. The molecule has 1 fully saturated rings. The molecule has 4 nitrogen and oxygen atoms in total. The van der Waals surface area contributed by atoms with Crippen LogP contribution in [0.3, 0.4) is 0 Å². The lowest BCUT2D eigenvalue weighted by Crippen LogP contribution is -2.07. The van der Waals surface area contributed by atoms with Gasteiger partial charge in [0.25, 0.3) is 0 Å². The minimum absolute atomic E-state index is 0.315. The zero-order chi connectivity index (χ0) is 17.9. The zero-order valence-electron chi connectivity index (χ0n) is 14.5. The Balaban J connectivity index is 1.51. The minimum atomic E-state index is 0.315. The molecular formula is C20H20ClN3OS. The SMILES string of the molecule is C[C@@H](Sc1nnc(COc2ccccc2Cl)n1C1CC1)c1ccccc1. The van der Waals surface area contributed by atoms with Gasteiger partial charge in [-0.1, -0.05) is 65.8 Å². The number of hydrogen-bond acceptors (Lipinski definition) is 4. The average Bonchev–Trinajstić information content (AvgIpc) is 3.43. The first-order chi connectivity index (χ1) is 12.7. The highest BCUT2D eigenvalue weighted by Crippen LogP contribution is 2.42. The maximum Gasteiger partial charge on any atom is 0.192 e. The van der Waals surface area contributed by atoms with Crippen molar-refractivity contribution in [2.75, 3.05) is 0 Å². The standard InChI is InChI=1S/C20H20ClN3OS/c1-14(15-7-3-2-4-8-15)26-20-23-22-19(24(20)16-11-12-16)13-25-18-10-6-5-9-17(18)21/h2-10,14,16H,11-13H2,1H3/t14-/m1/s1. The fourth-order valence-corrected chi connectivity index (χ4v) is 4.10. The second kappa shape index (κ2) is 7.72. The van der Waals surface area contributed by atoms with E-state index in [1.807, 2.05) is 30.3 Å². The van der Waals surface area contributed by atoms with Crippen LogP contribution in [0.1, 0.15) is 42.4 Å². The van der Waals surface area contributed by atoms with Crippen LogP contribution in [0.5, 0.6) is 5.75 Å². The first-order valence-electron chi connectivity index (χ1n) is 8.75. The molecule has 4 rings (SSSR count). The predicted molar refractivity (Wildman–Crippen MR) is 105 cm³/mol. The third kappa shape index (κ3) is 3.89. The highest BCUT2D eigenvalue weighted by molar-refractivity contribution is 7.99. The first kappa shape index (κ1) is 17.4. The van der Waals surface area contributed by atoms with E-state index in [2.05, 4.69) is 46.0 Å². The maximum absolute atomic E-state index is 6.18. The molecule has 1 aliphatic rings. The molecule has 26 heavy (non-hydrogen) atoms. The van der Waals surface area contributed by atoms with Crippen molar-refractivity contribution in [3.05, 3.63) is 71.0 Å². The largest absolute Gasteiger partial charge is 0.484 e. The summed E-state index contributed by atoms with van der Waals surface area (Å²) in [5, 5.41) is 10.7. The van der Waals surface area contributed by atoms with Gasteiger partial charge < -0.3 is 4.74 Å². The summed E-state index contributed by atoms with van der Waals surface area (Å²) in [6, 6.07) is 18.5. The van der Waals surface area contributed by atoms with Gasteiger partial charge in [-0.2, -0.15) is 0 Å². The summed E-state index contributed by atoms with van der Waals surface area (Å²) in [6.07, 6.45) is 2.34. The van der Waals surface area contributed by atoms with Crippen molar-refractivity contribution < 1.29 is 4.74 Å². The second-order valence-electron chi connectivity index (χ2n) is 6.39. The van der Waals surface area contributed by atoms with Gasteiger partial charge in [-0.25, -0.2) is 0 Å². The molecule has 6 heteroatoms. The summed E-state index contributed by atoms with van der Waals surface area (Å²) in [7, 11) is 0. The predicted octanol–water partition coefficient (Wildman–Crippen LogP) is 5.70. The molecule has 0 N–H and O–H groups in total. The van der Waals surface area contributed by atoms with Gasteiger partial charge in [0.2, 0.25) is 0 Å². The fourth-order valence-electron chi connectivity index (χ4n) is 2.84. The van der Waals surface area contributed by atoms with Gasteiger partial charge in [0, 0.05) is 11.3 Å². The number of aromatic nitrogens is 3. The highest BCUT2D eigenvalue weighted by atomic mass is 35.5. The quantitative estimate of drug-likeness (QED) is 0.489. The molecule has 3 aromatic rings. The summed E-state index contributed by atoms with van der Waals surface area (Å²) in [5.74, 6) is 1.53. The summed E-state index contributed by atoms with van der Waals surface area (Å²) in [6.45, 7) is 2.57. The molecule has 0 bridgehead atoms. The van der Waals surface area contributed by atoms with Crippen LogP contribution in [0.2, 0.25) is 5.02 Å². The lowest BCUT2D eigenvalue weighted by molar-refractivity contribution is 0.288. The van der Waals surface area contributed by atoms with E-state index in [1.165, 1.54) is 18.4 Å². The summed E-state index contributed by atoms with van der Waals surface area (Å²) < 4.78 is 8.12. The number of rotatable bonds is 7. The number of nitrogens with zero attached hydrogens (tertiary/aromatic N) is 3. The van der Waals surface area contributed by atoms with Gasteiger partial charge in [-0.15, -0.1) is 10.2 Å². The number of halogens is 1. The topological polar surface area (TPSA) is 39.9 Å². The molecule has 0 unspecified atom stereocenters. The van der Waals surface area contributed by atoms with Crippen molar-refractivity contribution in [3.8, 4) is 5.75 Å². The number of para-hydroxylation sites is 1. The third-order valence-corrected chi connectivity index (χ3v) is 5.82. The Hall–Kier alpha value is -1.98. The van der Waals surface area contributed by atoms with Crippen LogP contribution >= 0.6 is 23.4 Å².